The molecule has 2 atom stereocenters. The smallest absolute Gasteiger partial charge is 0.242 e. The van der Waals surface area contributed by atoms with Gasteiger partial charge in [-0.1, -0.05) is 25.1 Å². The van der Waals surface area contributed by atoms with E-state index in [-0.39, 0.29) is 11.9 Å². The highest BCUT2D eigenvalue weighted by Gasteiger charge is 2.32. The fourth-order valence-electron chi connectivity index (χ4n) is 1.95. The van der Waals surface area contributed by atoms with E-state index in [0.29, 0.717) is 6.42 Å². The molecule has 0 heterocycles. The lowest BCUT2D eigenvalue weighted by Gasteiger charge is -2.33. The van der Waals surface area contributed by atoms with E-state index < -0.39 is 5.54 Å². The molecule has 0 aliphatic rings. The molecule has 0 saturated carbocycles. The maximum Gasteiger partial charge on any atom is 0.242 e. The zero-order valence-electron chi connectivity index (χ0n) is 12.4. The number of hydrogen-bond acceptors (Lipinski definition) is 3. The highest BCUT2D eigenvalue weighted by Crippen LogP contribution is 2.29. The minimum absolute atomic E-state index is 0.0617. The molecule has 0 spiro atoms. The van der Waals surface area contributed by atoms with Crippen molar-refractivity contribution in [3.05, 3.63) is 29.8 Å². The Morgan fingerprint density at radius 2 is 2.05 bits per heavy atom. The van der Waals surface area contributed by atoms with Gasteiger partial charge in [-0.3, -0.25) is 4.79 Å². The topological polar surface area (TPSA) is 55.6 Å². The van der Waals surface area contributed by atoms with Crippen molar-refractivity contribution in [2.75, 3.05) is 14.2 Å². The van der Waals surface area contributed by atoms with E-state index in [9.17, 15) is 4.79 Å². The lowest BCUT2D eigenvalue weighted by atomic mass is 9.96. The molecule has 0 fully saturated rings. The van der Waals surface area contributed by atoms with Crippen LogP contribution >= 0.6 is 0 Å². The minimum Gasteiger partial charge on any atom is -0.496 e. The van der Waals surface area contributed by atoms with Crippen molar-refractivity contribution in [3.63, 3.8) is 0 Å². The quantitative estimate of drug-likeness (QED) is 0.888. The van der Waals surface area contributed by atoms with E-state index in [1.807, 2.05) is 38.1 Å². The van der Waals surface area contributed by atoms with Gasteiger partial charge < -0.3 is 15.4 Å². The zero-order chi connectivity index (χ0) is 14.6. The van der Waals surface area contributed by atoms with Crippen molar-refractivity contribution in [2.45, 2.75) is 38.8 Å². The predicted octanol–water partition coefficient (Wildman–Crippen LogP) is 2.34. The van der Waals surface area contributed by atoms with Gasteiger partial charge in [-0.15, -0.1) is 0 Å². The Morgan fingerprint density at radius 1 is 1.47 bits per heavy atom. The van der Waals surface area contributed by atoms with Crippen LogP contribution in [0.25, 0.3) is 0 Å². The summed E-state index contributed by atoms with van der Waals surface area (Å²) < 4.78 is 5.34. The van der Waals surface area contributed by atoms with Crippen molar-refractivity contribution in [1.29, 1.82) is 0 Å². The van der Waals surface area contributed by atoms with E-state index in [2.05, 4.69) is 0 Å². The van der Waals surface area contributed by atoms with Gasteiger partial charge in [-0.2, -0.15) is 0 Å². The highest BCUT2D eigenvalue weighted by molar-refractivity contribution is 5.85. The number of benzene rings is 1. The van der Waals surface area contributed by atoms with Gasteiger partial charge >= 0.3 is 0 Å². The lowest BCUT2D eigenvalue weighted by Crippen LogP contribution is -2.52. The second kappa shape index (κ2) is 6.06. The molecule has 19 heavy (non-hydrogen) atoms. The number of amides is 1. The van der Waals surface area contributed by atoms with Crippen LogP contribution in [-0.2, 0) is 4.79 Å². The Bertz CT molecular complexity index is 444. The summed E-state index contributed by atoms with van der Waals surface area (Å²) >= 11 is 0. The largest absolute Gasteiger partial charge is 0.496 e. The SMILES string of the molecule is CCC(C)(N)C(=O)N(C)C(C)c1ccccc1OC. The number of methoxy groups -OCH3 is 1. The van der Waals surface area contributed by atoms with E-state index >= 15 is 0 Å². The van der Waals surface area contributed by atoms with E-state index in [0.717, 1.165) is 11.3 Å². The van der Waals surface area contributed by atoms with Gasteiger partial charge in [0.1, 0.15) is 5.75 Å². The maximum absolute atomic E-state index is 12.4. The lowest BCUT2D eigenvalue weighted by molar-refractivity contribution is -0.137. The molecule has 4 heteroatoms. The summed E-state index contributed by atoms with van der Waals surface area (Å²) in [6.07, 6.45) is 0.606. The molecule has 1 rings (SSSR count). The number of carbonyl (C=O) groups is 1. The summed E-state index contributed by atoms with van der Waals surface area (Å²) in [5, 5.41) is 0. The van der Waals surface area contributed by atoms with Crippen LogP contribution < -0.4 is 10.5 Å². The normalized spacial score (nSPS) is 15.5. The predicted molar refractivity (Wildman–Crippen MR) is 77.1 cm³/mol. The standard InChI is InChI=1S/C15H24N2O2/c1-6-15(3,16)14(18)17(4)11(2)12-9-7-8-10-13(12)19-5/h7-11H,6,16H2,1-5H3. The first-order valence-corrected chi connectivity index (χ1v) is 6.54. The van der Waals surface area contributed by atoms with E-state index in [1.54, 1.807) is 26.0 Å². The second-order valence-corrected chi connectivity index (χ2v) is 5.11. The minimum atomic E-state index is -0.828. The molecule has 0 radical (unpaired) electrons. The molecule has 0 aliphatic heterocycles. The van der Waals surface area contributed by atoms with Crippen LogP contribution in [-0.4, -0.2) is 30.5 Å². The maximum atomic E-state index is 12.4. The molecule has 1 aromatic rings. The number of rotatable bonds is 5. The molecule has 2 unspecified atom stereocenters. The number of carbonyl (C=O) groups excluding carboxylic acids is 1. The van der Waals surface area contributed by atoms with Crippen LogP contribution in [0.2, 0.25) is 0 Å². The summed E-state index contributed by atoms with van der Waals surface area (Å²) in [6.45, 7) is 5.65. The molecule has 1 aromatic carbocycles. The Balaban J connectivity index is 3.00. The van der Waals surface area contributed by atoms with Gasteiger partial charge in [0.15, 0.2) is 0 Å². The van der Waals surface area contributed by atoms with Crippen LogP contribution in [0.1, 0.15) is 38.8 Å². The van der Waals surface area contributed by atoms with Crippen LogP contribution in [0.15, 0.2) is 24.3 Å². The van der Waals surface area contributed by atoms with Crippen molar-refractivity contribution in [1.82, 2.24) is 4.90 Å². The number of likely N-dealkylation sites (N-methyl/N-ethyl adjacent to an activating group) is 1. The molecular formula is C15H24N2O2. The molecule has 4 nitrogen and oxygen atoms in total. The monoisotopic (exact) mass is 264 g/mol. The van der Waals surface area contributed by atoms with Gasteiger partial charge in [-0.25, -0.2) is 0 Å². The average molecular weight is 264 g/mol. The Labute approximate surface area is 115 Å². The summed E-state index contributed by atoms with van der Waals surface area (Å²) in [7, 11) is 3.41. The van der Waals surface area contributed by atoms with Gasteiger partial charge in [0, 0.05) is 12.6 Å². The summed E-state index contributed by atoms with van der Waals surface area (Å²) in [5.74, 6) is 0.721. The van der Waals surface area contributed by atoms with Crippen molar-refractivity contribution >= 4 is 5.91 Å². The van der Waals surface area contributed by atoms with Crippen molar-refractivity contribution in [2.24, 2.45) is 5.73 Å². The van der Waals surface area contributed by atoms with Gasteiger partial charge in [0.05, 0.1) is 18.7 Å². The first-order chi connectivity index (χ1) is 8.85. The molecule has 2 N–H and O–H groups in total. The number of hydrogen-bond donors (Lipinski definition) is 1. The van der Waals surface area contributed by atoms with Crippen LogP contribution in [0, 0.1) is 0 Å². The number of nitrogens with two attached hydrogens (primary N) is 1. The number of ether oxygens (including phenoxy) is 1. The van der Waals surface area contributed by atoms with Crippen molar-refractivity contribution < 1.29 is 9.53 Å². The number of nitrogens with zero attached hydrogens (tertiary/aromatic N) is 1. The third kappa shape index (κ3) is 3.26. The Hall–Kier alpha value is -1.55. The average Bonchev–Trinajstić information content (AvgIpc) is 2.44. The third-order valence-electron chi connectivity index (χ3n) is 3.71. The van der Waals surface area contributed by atoms with E-state index in [4.69, 9.17) is 10.5 Å². The highest BCUT2D eigenvalue weighted by atomic mass is 16.5. The van der Waals surface area contributed by atoms with Gasteiger partial charge in [-0.05, 0) is 26.3 Å². The summed E-state index contributed by atoms with van der Waals surface area (Å²) in [5.41, 5.74) is 6.18. The third-order valence-corrected chi connectivity index (χ3v) is 3.71. The van der Waals surface area contributed by atoms with Crippen LogP contribution in [0.5, 0.6) is 5.75 Å². The molecular weight excluding hydrogens is 240 g/mol. The summed E-state index contributed by atoms with van der Waals surface area (Å²) in [6, 6.07) is 7.63. The summed E-state index contributed by atoms with van der Waals surface area (Å²) in [4.78, 5) is 14.1. The molecule has 0 aromatic heterocycles. The van der Waals surface area contributed by atoms with Gasteiger partial charge in [0.2, 0.25) is 5.91 Å². The fourth-order valence-corrected chi connectivity index (χ4v) is 1.95. The Kier molecular flexibility index (Phi) is 4.95. The van der Waals surface area contributed by atoms with Crippen molar-refractivity contribution in [3.8, 4) is 5.75 Å². The molecule has 0 saturated heterocycles. The van der Waals surface area contributed by atoms with Crippen LogP contribution in [0.4, 0.5) is 0 Å². The number of para-hydroxylation sites is 1. The fraction of sp³-hybridized carbons (Fsp3) is 0.533. The zero-order valence-corrected chi connectivity index (χ0v) is 12.4. The second-order valence-electron chi connectivity index (χ2n) is 5.11. The Morgan fingerprint density at radius 3 is 2.58 bits per heavy atom. The first-order valence-electron chi connectivity index (χ1n) is 6.54. The van der Waals surface area contributed by atoms with Gasteiger partial charge in [0.25, 0.3) is 0 Å². The molecule has 0 aliphatic carbocycles. The van der Waals surface area contributed by atoms with Crippen LogP contribution in [0.3, 0.4) is 0 Å². The first kappa shape index (κ1) is 15.5. The molecule has 0 bridgehead atoms. The van der Waals surface area contributed by atoms with E-state index in [1.165, 1.54) is 0 Å². The molecule has 1 amide bonds. The molecule has 106 valence electrons.